The van der Waals surface area contributed by atoms with Crippen molar-refractivity contribution in [1.82, 2.24) is 4.90 Å². The molecule has 0 aliphatic heterocycles. The smallest absolute Gasteiger partial charge is 0.410 e. The van der Waals surface area contributed by atoms with Gasteiger partial charge in [0.25, 0.3) is 0 Å². The number of halogens is 1. The highest BCUT2D eigenvalue weighted by atomic mass is 19.1. The first-order valence-corrected chi connectivity index (χ1v) is 10.0. The van der Waals surface area contributed by atoms with Gasteiger partial charge < -0.3 is 9.84 Å². The summed E-state index contributed by atoms with van der Waals surface area (Å²) in [4.78, 5) is 25.5. The first-order chi connectivity index (χ1) is 15.0. The molecule has 0 saturated carbocycles. The molecular formula is C25H22FNO4. The van der Waals surface area contributed by atoms with Gasteiger partial charge in [0.2, 0.25) is 0 Å². The minimum atomic E-state index is -1.24. The Morgan fingerprint density at radius 2 is 1.52 bits per heavy atom. The van der Waals surface area contributed by atoms with Gasteiger partial charge in [-0.1, -0.05) is 66.7 Å². The average molecular weight is 419 g/mol. The van der Waals surface area contributed by atoms with Crippen LogP contribution in [0.2, 0.25) is 0 Å². The Labute approximate surface area is 179 Å². The van der Waals surface area contributed by atoms with Gasteiger partial charge in [0.1, 0.15) is 18.5 Å². The summed E-state index contributed by atoms with van der Waals surface area (Å²) in [6, 6.07) is 20.6. The summed E-state index contributed by atoms with van der Waals surface area (Å²) in [6.07, 6.45) is -0.909. The molecule has 31 heavy (non-hydrogen) atoms. The molecule has 1 unspecified atom stereocenters. The van der Waals surface area contributed by atoms with Gasteiger partial charge in [-0.25, -0.2) is 14.0 Å². The number of nitrogens with zero attached hydrogens (tertiary/aromatic N) is 1. The van der Waals surface area contributed by atoms with Crippen LogP contribution in [0.15, 0.2) is 72.8 Å². The summed E-state index contributed by atoms with van der Waals surface area (Å²) in [5.41, 5.74) is 4.58. The van der Waals surface area contributed by atoms with E-state index in [0.29, 0.717) is 0 Å². The maximum Gasteiger partial charge on any atom is 0.410 e. The summed E-state index contributed by atoms with van der Waals surface area (Å²) in [6.45, 7) is 0.0865. The molecule has 5 nitrogen and oxygen atoms in total. The predicted molar refractivity (Wildman–Crippen MR) is 114 cm³/mol. The molecule has 4 rings (SSSR count). The number of carbonyl (C=O) groups is 2. The van der Waals surface area contributed by atoms with Crippen LogP contribution in [0.4, 0.5) is 9.18 Å². The van der Waals surface area contributed by atoms with E-state index in [1.54, 1.807) is 6.07 Å². The minimum Gasteiger partial charge on any atom is -0.480 e. The molecule has 3 aromatic rings. The fourth-order valence-corrected chi connectivity index (χ4v) is 4.09. The van der Waals surface area contributed by atoms with Gasteiger partial charge in [0.15, 0.2) is 0 Å². The van der Waals surface area contributed by atoms with E-state index in [4.69, 9.17) is 4.74 Å². The van der Waals surface area contributed by atoms with Crippen molar-refractivity contribution in [2.24, 2.45) is 0 Å². The molecule has 1 N–H and O–H groups in total. The van der Waals surface area contributed by atoms with Crippen LogP contribution in [0.3, 0.4) is 0 Å². The van der Waals surface area contributed by atoms with Gasteiger partial charge in [0, 0.05) is 19.4 Å². The van der Waals surface area contributed by atoms with E-state index in [0.717, 1.165) is 27.2 Å². The largest absolute Gasteiger partial charge is 0.480 e. The number of carboxylic acid groups (broad SMARTS) is 1. The number of fused-ring (bicyclic) bond motifs is 3. The second-order valence-electron chi connectivity index (χ2n) is 7.56. The minimum absolute atomic E-state index is 0.0865. The van der Waals surface area contributed by atoms with Gasteiger partial charge in [-0.3, -0.25) is 4.90 Å². The Hall–Kier alpha value is -3.67. The van der Waals surface area contributed by atoms with E-state index in [1.807, 2.05) is 48.5 Å². The van der Waals surface area contributed by atoms with Crippen LogP contribution in [-0.4, -0.2) is 41.8 Å². The Kier molecular flexibility index (Phi) is 5.71. The lowest BCUT2D eigenvalue weighted by molar-refractivity contribution is -0.142. The Balaban J connectivity index is 1.49. The van der Waals surface area contributed by atoms with Crippen molar-refractivity contribution in [3.05, 3.63) is 95.3 Å². The molecule has 3 aromatic carbocycles. The highest BCUT2D eigenvalue weighted by molar-refractivity contribution is 5.81. The van der Waals surface area contributed by atoms with Crippen molar-refractivity contribution < 1.29 is 23.8 Å². The molecule has 1 amide bonds. The average Bonchev–Trinajstić information content (AvgIpc) is 3.10. The number of carboxylic acids is 1. The molecule has 0 radical (unpaired) electrons. The van der Waals surface area contributed by atoms with Gasteiger partial charge in [-0.2, -0.15) is 0 Å². The lowest BCUT2D eigenvalue weighted by Crippen LogP contribution is -2.44. The summed E-state index contributed by atoms with van der Waals surface area (Å²) in [7, 11) is 1.36. The number of rotatable bonds is 6. The Morgan fingerprint density at radius 1 is 0.968 bits per heavy atom. The Bertz CT molecular complexity index is 1080. The molecule has 1 atom stereocenters. The number of aliphatic carboxylic acids is 1. The van der Waals surface area contributed by atoms with E-state index in [2.05, 4.69) is 0 Å². The van der Waals surface area contributed by atoms with Gasteiger partial charge in [0.05, 0.1) is 0 Å². The molecule has 158 valence electrons. The van der Waals surface area contributed by atoms with Gasteiger partial charge in [-0.15, -0.1) is 0 Å². The number of likely N-dealkylation sites (N-methyl/N-ethyl adjacent to an activating group) is 1. The summed E-state index contributed by atoms with van der Waals surface area (Å²) < 4.78 is 19.5. The SMILES string of the molecule is CN(C(=O)OCC1c2ccccc2-c2ccccc21)C(Cc1ccccc1F)C(=O)O. The quantitative estimate of drug-likeness (QED) is 0.629. The number of hydrogen-bond donors (Lipinski definition) is 1. The van der Waals surface area contributed by atoms with Gasteiger partial charge >= 0.3 is 12.1 Å². The number of carbonyl (C=O) groups excluding carboxylic acids is 1. The fraction of sp³-hybridized carbons (Fsp3) is 0.200. The topological polar surface area (TPSA) is 66.8 Å². The number of benzene rings is 3. The molecule has 1 aliphatic rings. The monoisotopic (exact) mass is 419 g/mol. The van der Waals surface area contributed by atoms with E-state index in [9.17, 15) is 19.1 Å². The van der Waals surface area contributed by atoms with Crippen LogP contribution in [0.1, 0.15) is 22.6 Å². The Morgan fingerprint density at radius 3 is 2.10 bits per heavy atom. The molecule has 0 bridgehead atoms. The molecule has 0 saturated heterocycles. The van der Waals surface area contributed by atoms with Crippen LogP contribution >= 0.6 is 0 Å². The summed E-state index contributed by atoms with van der Waals surface area (Å²) in [5.74, 6) is -1.85. The first kappa shape index (κ1) is 20.6. The highest BCUT2D eigenvalue weighted by Crippen LogP contribution is 2.44. The second-order valence-corrected chi connectivity index (χ2v) is 7.56. The van der Waals surface area contributed by atoms with Crippen molar-refractivity contribution >= 4 is 12.1 Å². The van der Waals surface area contributed by atoms with Crippen LogP contribution in [0, 0.1) is 5.82 Å². The summed E-state index contributed by atoms with van der Waals surface area (Å²) in [5, 5.41) is 9.61. The van der Waals surface area contributed by atoms with Crippen LogP contribution in [0.25, 0.3) is 11.1 Å². The standard InChI is InChI=1S/C25H22FNO4/c1-27(23(24(28)29)14-16-8-2-7-13-22(16)26)25(30)31-15-21-19-11-5-3-9-17(19)18-10-4-6-12-20(18)21/h2-13,21,23H,14-15H2,1H3,(H,28,29). The zero-order valence-corrected chi connectivity index (χ0v) is 17.0. The van der Waals surface area contributed by atoms with E-state index < -0.39 is 23.9 Å². The second kappa shape index (κ2) is 8.60. The zero-order valence-electron chi connectivity index (χ0n) is 17.0. The third-order valence-electron chi connectivity index (χ3n) is 5.75. The lowest BCUT2D eigenvalue weighted by atomic mass is 9.98. The van der Waals surface area contributed by atoms with Crippen molar-refractivity contribution in [2.45, 2.75) is 18.4 Å². The number of hydrogen-bond acceptors (Lipinski definition) is 3. The number of amides is 1. The predicted octanol–water partition coefficient (Wildman–Crippen LogP) is 4.70. The van der Waals surface area contributed by atoms with Crippen LogP contribution in [-0.2, 0) is 16.0 Å². The van der Waals surface area contributed by atoms with Crippen molar-refractivity contribution in [3.63, 3.8) is 0 Å². The maximum absolute atomic E-state index is 14.0. The number of ether oxygens (including phenoxy) is 1. The lowest BCUT2D eigenvalue weighted by Gasteiger charge is -2.25. The third kappa shape index (κ3) is 4.01. The van der Waals surface area contributed by atoms with Crippen molar-refractivity contribution in [2.75, 3.05) is 13.7 Å². The fourth-order valence-electron chi connectivity index (χ4n) is 4.09. The molecule has 6 heteroatoms. The highest BCUT2D eigenvalue weighted by Gasteiger charge is 2.32. The normalized spacial score (nSPS) is 13.2. The van der Waals surface area contributed by atoms with E-state index >= 15 is 0 Å². The molecule has 1 aliphatic carbocycles. The van der Waals surface area contributed by atoms with Crippen LogP contribution < -0.4 is 0 Å². The first-order valence-electron chi connectivity index (χ1n) is 10.0. The molecule has 0 aromatic heterocycles. The summed E-state index contributed by atoms with van der Waals surface area (Å²) >= 11 is 0. The molecule has 0 spiro atoms. The van der Waals surface area contributed by atoms with E-state index in [-0.39, 0.29) is 24.5 Å². The molecule has 0 fully saturated rings. The maximum atomic E-state index is 14.0. The van der Waals surface area contributed by atoms with Crippen molar-refractivity contribution in [1.29, 1.82) is 0 Å². The van der Waals surface area contributed by atoms with Crippen LogP contribution in [0.5, 0.6) is 0 Å². The molecule has 0 heterocycles. The molecular weight excluding hydrogens is 397 g/mol. The van der Waals surface area contributed by atoms with Gasteiger partial charge in [-0.05, 0) is 33.9 Å². The van der Waals surface area contributed by atoms with E-state index in [1.165, 1.54) is 25.2 Å². The zero-order chi connectivity index (χ0) is 22.0. The van der Waals surface area contributed by atoms with Crippen molar-refractivity contribution in [3.8, 4) is 11.1 Å². The third-order valence-corrected chi connectivity index (χ3v) is 5.75.